The topological polar surface area (TPSA) is 149 Å². The van der Waals surface area contributed by atoms with Crippen molar-refractivity contribution in [2.24, 2.45) is 4.99 Å². The summed E-state index contributed by atoms with van der Waals surface area (Å²) >= 11 is 0. The van der Waals surface area contributed by atoms with Gasteiger partial charge in [-0.1, -0.05) is 13.0 Å². The van der Waals surface area contributed by atoms with Crippen LogP contribution in [0.4, 0.5) is 5.95 Å². The number of imidazole rings is 1. The summed E-state index contributed by atoms with van der Waals surface area (Å²) in [5.41, 5.74) is 2.56. The number of rotatable bonds is 6. The van der Waals surface area contributed by atoms with Crippen molar-refractivity contribution in [2.75, 3.05) is 5.32 Å². The zero-order valence-electron chi connectivity index (χ0n) is 17.7. The molecule has 1 aliphatic carbocycles. The van der Waals surface area contributed by atoms with E-state index in [4.69, 9.17) is 0 Å². The van der Waals surface area contributed by atoms with E-state index in [-0.39, 0.29) is 23.7 Å². The SMILES string of the molecule is CCC(Nc1nc(=NC2CC2)n2nc/c(=C/c3[nH]c(=O)[nH]c3O)c2n1)c1cccc(C)n1. The fraction of sp³-hybridized carbons (Fsp3) is 0.333. The number of hydrogen-bond donors (Lipinski definition) is 4. The summed E-state index contributed by atoms with van der Waals surface area (Å²) in [6, 6.07) is 6.08. The Labute approximate surface area is 182 Å². The van der Waals surface area contributed by atoms with E-state index in [1.807, 2.05) is 25.1 Å². The average Bonchev–Trinajstić information content (AvgIpc) is 3.40. The zero-order chi connectivity index (χ0) is 22.2. The fourth-order valence-corrected chi connectivity index (χ4v) is 3.44. The van der Waals surface area contributed by atoms with E-state index in [0.29, 0.717) is 22.4 Å². The second kappa shape index (κ2) is 7.91. The van der Waals surface area contributed by atoms with Gasteiger partial charge in [0.15, 0.2) is 5.65 Å². The number of H-pyrrole nitrogens is 2. The molecule has 0 aliphatic heterocycles. The third-order valence-corrected chi connectivity index (χ3v) is 5.24. The molecule has 1 fully saturated rings. The van der Waals surface area contributed by atoms with Crippen LogP contribution in [0.15, 0.2) is 34.2 Å². The maximum absolute atomic E-state index is 11.5. The van der Waals surface area contributed by atoms with Crippen LogP contribution in [0.1, 0.15) is 49.3 Å². The first-order valence-corrected chi connectivity index (χ1v) is 10.5. The molecule has 4 aromatic rings. The van der Waals surface area contributed by atoms with Crippen molar-refractivity contribution in [3.8, 4) is 5.88 Å². The van der Waals surface area contributed by atoms with Crippen molar-refractivity contribution in [2.45, 2.75) is 45.2 Å². The van der Waals surface area contributed by atoms with Crippen LogP contribution in [-0.2, 0) is 0 Å². The molecule has 0 saturated heterocycles. The average molecular weight is 433 g/mol. The third-order valence-electron chi connectivity index (χ3n) is 5.24. The van der Waals surface area contributed by atoms with Gasteiger partial charge in [0.2, 0.25) is 11.8 Å². The van der Waals surface area contributed by atoms with Gasteiger partial charge < -0.3 is 15.4 Å². The van der Waals surface area contributed by atoms with E-state index in [0.717, 1.165) is 30.7 Å². The normalized spacial score (nSPS) is 16.1. The highest BCUT2D eigenvalue weighted by Gasteiger charge is 2.21. The smallest absolute Gasteiger partial charge is 0.326 e. The summed E-state index contributed by atoms with van der Waals surface area (Å²) in [7, 11) is 0. The molecule has 0 radical (unpaired) electrons. The number of nitrogens with zero attached hydrogens (tertiary/aromatic N) is 6. The largest absolute Gasteiger partial charge is 0.493 e. The lowest BCUT2D eigenvalue weighted by Crippen LogP contribution is -2.26. The van der Waals surface area contributed by atoms with Crippen molar-refractivity contribution in [3.05, 3.63) is 62.8 Å². The Kier molecular flexibility index (Phi) is 4.92. The molecule has 0 amide bonds. The van der Waals surface area contributed by atoms with Crippen LogP contribution in [-0.4, -0.2) is 45.7 Å². The molecule has 11 nitrogen and oxygen atoms in total. The zero-order valence-corrected chi connectivity index (χ0v) is 17.7. The minimum atomic E-state index is -0.497. The second-order valence-corrected chi connectivity index (χ2v) is 7.84. The molecule has 1 unspecified atom stereocenters. The van der Waals surface area contributed by atoms with E-state index in [2.05, 4.69) is 47.3 Å². The molecular formula is C21H23N9O2. The predicted octanol–water partition coefficient (Wildman–Crippen LogP) is 0.724. The quantitative estimate of drug-likeness (QED) is 0.350. The van der Waals surface area contributed by atoms with Gasteiger partial charge in [-0.25, -0.2) is 9.79 Å². The number of hydrogen-bond acceptors (Lipinski definition) is 8. The predicted molar refractivity (Wildman–Crippen MR) is 117 cm³/mol. The standard InChI is InChI=1S/C21H23N9O2/c1-3-14(15-6-4-5-11(2)23-15)25-19-27-17-12(9-16-18(31)28-21(32)26-16)10-22-30(17)20(29-19)24-13-7-8-13/h4-6,9-10,13-14,31H,3,7-8H2,1-2H3,(H,24,25,29)(H2,26,28,32)/b12-9-. The molecule has 0 spiro atoms. The van der Waals surface area contributed by atoms with Crippen molar-refractivity contribution < 1.29 is 5.11 Å². The summed E-state index contributed by atoms with van der Waals surface area (Å²) in [5.74, 6) is 0.162. The molecule has 4 aromatic heterocycles. The number of aromatic amines is 2. The van der Waals surface area contributed by atoms with Crippen LogP contribution in [0.25, 0.3) is 11.7 Å². The highest BCUT2D eigenvalue weighted by molar-refractivity contribution is 5.57. The number of anilines is 1. The minimum Gasteiger partial charge on any atom is -0.493 e. The molecule has 4 N–H and O–H groups in total. The lowest BCUT2D eigenvalue weighted by atomic mass is 10.1. The summed E-state index contributed by atoms with van der Waals surface area (Å²) in [6.45, 7) is 4.03. The highest BCUT2D eigenvalue weighted by Crippen LogP contribution is 2.22. The number of fused-ring (bicyclic) bond motifs is 1. The van der Waals surface area contributed by atoms with Crippen molar-refractivity contribution in [3.63, 3.8) is 0 Å². The Balaban J connectivity index is 1.63. The Hall–Kier alpha value is -4.02. The summed E-state index contributed by atoms with van der Waals surface area (Å²) in [4.78, 5) is 34.9. The van der Waals surface area contributed by atoms with Gasteiger partial charge in [0, 0.05) is 10.9 Å². The molecule has 1 atom stereocenters. The van der Waals surface area contributed by atoms with Gasteiger partial charge in [-0.05, 0) is 44.4 Å². The van der Waals surface area contributed by atoms with Crippen LogP contribution < -0.4 is 21.8 Å². The molecule has 32 heavy (non-hydrogen) atoms. The third kappa shape index (κ3) is 3.96. The maximum atomic E-state index is 11.5. The first-order chi connectivity index (χ1) is 15.5. The summed E-state index contributed by atoms with van der Waals surface area (Å²) < 4.78 is 1.57. The molecule has 0 aromatic carbocycles. The summed E-state index contributed by atoms with van der Waals surface area (Å²) in [5, 5.41) is 18.3. The molecule has 11 heteroatoms. The van der Waals surface area contributed by atoms with Crippen LogP contribution in [0, 0.1) is 6.92 Å². The second-order valence-electron chi connectivity index (χ2n) is 7.84. The minimum absolute atomic E-state index is 0.0773. The van der Waals surface area contributed by atoms with E-state index >= 15 is 0 Å². The van der Waals surface area contributed by atoms with Gasteiger partial charge in [0.25, 0.3) is 5.62 Å². The first-order valence-electron chi connectivity index (χ1n) is 10.5. The van der Waals surface area contributed by atoms with Gasteiger partial charge >= 0.3 is 5.69 Å². The molecule has 0 bridgehead atoms. The highest BCUT2D eigenvalue weighted by atomic mass is 16.3. The van der Waals surface area contributed by atoms with Crippen LogP contribution in [0.3, 0.4) is 0 Å². The Morgan fingerprint density at radius 2 is 2.16 bits per heavy atom. The molecule has 164 valence electrons. The number of pyridine rings is 1. The van der Waals surface area contributed by atoms with E-state index < -0.39 is 5.69 Å². The number of nitrogens with one attached hydrogen (secondary N) is 3. The van der Waals surface area contributed by atoms with E-state index in [9.17, 15) is 9.90 Å². The van der Waals surface area contributed by atoms with Gasteiger partial charge in [-0.15, -0.1) is 0 Å². The monoisotopic (exact) mass is 433 g/mol. The van der Waals surface area contributed by atoms with Gasteiger partial charge in [0.05, 0.1) is 24.0 Å². The number of aromatic nitrogens is 7. The number of aromatic hydroxyl groups is 1. The lowest BCUT2D eigenvalue weighted by molar-refractivity contribution is 0.454. The lowest BCUT2D eigenvalue weighted by Gasteiger charge is -2.16. The fourth-order valence-electron chi connectivity index (χ4n) is 3.44. The van der Waals surface area contributed by atoms with E-state index in [1.54, 1.807) is 16.8 Å². The molecule has 5 rings (SSSR count). The van der Waals surface area contributed by atoms with E-state index in [1.165, 1.54) is 0 Å². The molecular weight excluding hydrogens is 410 g/mol. The van der Waals surface area contributed by atoms with Gasteiger partial charge in [-0.2, -0.15) is 19.6 Å². The Morgan fingerprint density at radius 1 is 1.31 bits per heavy atom. The molecule has 1 saturated carbocycles. The van der Waals surface area contributed by atoms with Gasteiger partial charge in [-0.3, -0.25) is 9.97 Å². The molecule has 1 aliphatic rings. The van der Waals surface area contributed by atoms with Crippen molar-refractivity contribution >= 4 is 17.7 Å². The van der Waals surface area contributed by atoms with Crippen LogP contribution >= 0.6 is 0 Å². The van der Waals surface area contributed by atoms with Crippen molar-refractivity contribution in [1.82, 2.24) is 34.5 Å². The van der Waals surface area contributed by atoms with Gasteiger partial charge in [0.1, 0.15) is 5.69 Å². The number of aryl methyl sites for hydroxylation is 1. The Morgan fingerprint density at radius 3 is 2.84 bits per heavy atom. The summed E-state index contributed by atoms with van der Waals surface area (Å²) in [6.07, 6.45) is 6.04. The Bertz CT molecular complexity index is 1460. The van der Waals surface area contributed by atoms with Crippen LogP contribution in [0.2, 0.25) is 0 Å². The van der Waals surface area contributed by atoms with Crippen molar-refractivity contribution in [1.29, 1.82) is 0 Å². The van der Waals surface area contributed by atoms with Crippen LogP contribution in [0.5, 0.6) is 5.88 Å². The maximum Gasteiger partial charge on any atom is 0.326 e. The molecule has 4 heterocycles. The first kappa shape index (κ1) is 19.9.